The summed E-state index contributed by atoms with van der Waals surface area (Å²) in [6.07, 6.45) is -1.38. The molecule has 1 aromatic carbocycles. The van der Waals surface area contributed by atoms with Crippen LogP contribution in [0.25, 0.3) is 22.3 Å². The van der Waals surface area contributed by atoms with E-state index in [4.69, 9.17) is 23.9 Å². The van der Waals surface area contributed by atoms with Gasteiger partial charge in [-0.1, -0.05) is 6.92 Å². The molecule has 1 unspecified atom stereocenters. The maximum atomic E-state index is 13.7. The van der Waals surface area contributed by atoms with Crippen molar-refractivity contribution in [2.45, 2.75) is 72.3 Å². The first-order valence-corrected chi connectivity index (χ1v) is 13.7. The number of pyridine rings is 2. The van der Waals surface area contributed by atoms with Gasteiger partial charge in [-0.3, -0.25) is 4.79 Å². The molecule has 4 heterocycles. The van der Waals surface area contributed by atoms with Crippen LogP contribution in [0.4, 0.5) is 9.59 Å². The molecule has 0 saturated carbocycles. The van der Waals surface area contributed by atoms with E-state index in [-0.39, 0.29) is 30.7 Å². The van der Waals surface area contributed by atoms with Gasteiger partial charge >= 0.3 is 18.2 Å². The second-order valence-corrected chi connectivity index (χ2v) is 11.0. The molecule has 11 heteroatoms. The van der Waals surface area contributed by atoms with E-state index in [1.54, 1.807) is 56.5 Å². The summed E-state index contributed by atoms with van der Waals surface area (Å²) in [5.74, 6) is -0.408. The van der Waals surface area contributed by atoms with Crippen LogP contribution in [0.5, 0.6) is 5.75 Å². The van der Waals surface area contributed by atoms with Crippen LogP contribution in [0.15, 0.2) is 35.1 Å². The lowest BCUT2D eigenvalue weighted by atomic mass is 9.85. The minimum atomic E-state index is -1.75. The van der Waals surface area contributed by atoms with Gasteiger partial charge in [0.05, 0.1) is 29.0 Å². The maximum absolute atomic E-state index is 13.7. The van der Waals surface area contributed by atoms with Crippen LogP contribution in [-0.4, -0.2) is 51.4 Å². The zero-order valence-corrected chi connectivity index (χ0v) is 24.0. The molecule has 0 spiro atoms. The minimum absolute atomic E-state index is 0.0904. The van der Waals surface area contributed by atoms with Crippen molar-refractivity contribution >= 4 is 29.1 Å². The molecule has 2 aliphatic heterocycles. The van der Waals surface area contributed by atoms with Gasteiger partial charge in [0.25, 0.3) is 5.56 Å². The second kappa shape index (κ2) is 10.2. The van der Waals surface area contributed by atoms with Crippen molar-refractivity contribution in [3.05, 3.63) is 57.4 Å². The van der Waals surface area contributed by atoms with Crippen molar-refractivity contribution < 1.29 is 33.3 Å². The van der Waals surface area contributed by atoms with Crippen LogP contribution in [-0.2, 0) is 37.8 Å². The number of cyclic esters (lactones) is 1. The van der Waals surface area contributed by atoms with Crippen LogP contribution in [0.1, 0.15) is 64.7 Å². The summed E-state index contributed by atoms with van der Waals surface area (Å²) in [6.45, 7) is 11.4. The Kier molecular flexibility index (Phi) is 7.00. The van der Waals surface area contributed by atoms with E-state index in [0.29, 0.717) is 46.7 Å². The largest absolute Gasteiger partial charge is 0.514 e. The van der Waals surface area contributed by atoms with E-state index in [1.165, 1.54) is 4.90 Å². The number of amides is 1. The third-order valence-corrected chi connectivity index (χ3v) is 7.32. The first kappa shape index (κ1) is 28.1. The molecule has 0 aliphatic carbocycles. The molecule has 1 atom stereocenters. The molecular formula is C30H33N3O8. The van der Waals surface area contributed by atoms with Gasteiger partial charge in [0, 0.05) is 29.6 Å². The second-order valence-electron chi connectivity index (χ2n) is 11.0. The molecule has 0 fully saturated rings. The molecule has 216 valence electrons. The van der Waals surface area contributed by atoms with Gasteiger partial charge in [-0.2, -0.15) is 0 Å². The number of carbonyl (C=O) groups is 3. The lowest BCUT2D eigenvalue weighted by Gasteiger charge is -2.36. The van der Waals surface area contributed by atoms with E-state index in [1.807, 2.05) is 19.9 Å². The highest BCUT2D eigenvalue weighted by atomic mass is 16.7. The van der Waals surface area contributed by atoms with Crippen LogP contribution >= 0.6 is 0 Å². The normalized spacial score (nSPS) is 17.3. The fourth-order valence-corrected chi connectivity index (χ4v) is 5.25. The number of hydrogen-bond donors (Lipinski definition) is 0. The molecule has 2 aliphatic rings. The predicted molar refractivity (Wildman–Crippen MR) is 149 cm³/mol. The topological polar surface area (TPSA) is 126 Å². The number of ether oxygens (including phenoxy) is 4. The molecule has 3 aromatic rings. The highest BCUT2D eigenvalue weighted by molar-refractivity contribution is 5.88. The zero-order chi connectivity index (χ0) is 29.7. The SMILES string of the molecule is CCN(CC)C(=O)OC1(CC)C(=O)OCc2c1cc1n(c2=O)Cc2cc3cc(OC(=O)OC(C)(C)C)ccc3nc2-1. The summed E-state index contributed by atoms with van der Waals surface area (Å²) >= 11 is 0. The van der Waals surface area contributed by atoms with E-state index in [2.05, 4.69) is 0 Å². The smallest absolute Gasteiger partial charge is 0.457 e. The zero-order valence-electron chi connectivity index (χ0n) is 24.0. The van der Waals surface area contributed by atoms with Gasteiger partial charge in [0.1, 0.15) is 18.0 Å². The highest BCUT2D eigenvalue weighted by Crippen LogP contribution is 2.41. The third kappa shape index (κ3) is 4.89. The van der Waals surface area contributed by atoms with E-state index in [9.17, 15) is 19.2 Å². The summed E-state index contributed by atoms with van der Waals surface area (Å²) in [5.41, 5.74) is 0.311. The average Bonchev–Trinajstić information content (AvgIpc) is 3.26. The van der Waals surface area contributed by atoms with E-state index < -0.39 is 29.4 Å². The van der Waals surface area contributed by atoms with Crippen molar-refractivity contribution in [1.82, 2.24) is 14.5 Å². The highest BCUT2D eigenvalue weighted by Gasteiger charge is 2.51. The molecule has 2 aromatic heterocycles. The fourth-order valence-electron chi connectivity index (χ4n) is 5.25. The van der Waals surface area contributed by atoms with Gasteiger partial charge in [-0.15, -0.1) is 0 Å². The molecule has 5 rings (SSSR count). The number of fused-ring (bicyclic) bond motifs is 5. The van der Waals surface area contributed by atoms with Crippen molar-refractivity contribution in [3.8, 4) is 17.1 Å². The van der Waals surface area contributed by atoms with Crippen LogP contribution < -0.4 is 10.3 Å². The van der Waals surface area contributed by atoms with Crippen LogP contribution in [0.3, 0.4) is 0 Å². The Bertz CT molecular complexity index is 1630. The summed E-state index contributed by atoms with van der Waals surface area (Å²) in [4.78, 5) is 58.3. The molecule has 0 bridgehead atoms. The molecule has 11 nitrogen and oxygen atoms in total. The van der Waals surface area contributed by atoms with Crippen molar-refractivity contribution in [1.29, 1.82) is 0 Å². The van der Waals surface area contributed by atoms with Gasteiger partial charge in [-0.05, 0) is 71.4 Å². The molecular weight excluding hydrogens is 530 g/mol. The summed E-state index contributed by atoms with van der Waals surface area (Å²) in [5, 5.41) is 0.713. The lowest BCUT2D eigenvalue weighted by molar-refractivity contribution is -0.173. The van der Waals surface area contributed by atoms with Gasteiger partial charge in [-0.25, -0.2) is 19.4 Å². The Morgan fingerprint density at radius 1 is 1.10 bits per heavy atom. The Morgan fingerprint density at radius 2 is 1.83 bits per heavy atom. The maximum Gasteiger partial charge on any atom is 0.514 e. The standard InChI is InChI=1S/C30H33N3O8/c1-7-30(40-27(36)32(8-2)9-3)21-14-23-24-18(15-33(23)25(34)20(21)16-38-26(30)35)12-17-13-19(10-11-22(17)31-24)39-28(37)41-29(4,5)6/h10-14H,7-9,15-16H2,1-6H3. The fraction of sp³-hybridized carbons (Fsp3) is 0.433. The number of nitrogens with zero attached hydrogens (tertiary/aromatic N) is 3. The Morgan fingerprint density at radius 3 is 2.49 bits per heavy atom. The van der Waals surface area contributed by atoms with Gasteiger partial charge < -0.3 is 28.4 Å². The quantitative estimate of drug-likeness (QED) is 0.190. The molecule has 0 radical (unpaired) electrons. The number of hydrogen-bond acceptors (Lipinski definition) is 9. The van der Waals surface area contributed by atoms with Crippen LogP contribution in [0.2, 0.25) is 0 Å². The molecule has 0 N–H and O–H groups in total. The Balaban J connectivity index is 1.56. The molecule has 41 heavy (non-hydrogen) atoms. The number of benzene rings is 1. The molecule has 0 saturated heterocycles. The van der Waals surface area contributed by atoms with Crippen molar-refractivity contribution in [2.24, 2.45) is 0 Å². The van der Waals surface area contributed by atoms with Crippen LogP contribution in [0, 0.1) is 0 Å². The Hall–Kier alpha value is -4.41. The summed E-state index contributed by atoms with van der Waals surface area (Å²) in [6, 6.07) is 8.63. The lowest BCUT2D eigenvalue weighted by Crippen LogP contribution is -2.49. The number of esters is 1. The first-order chi connectivity index (χ1) is 19.4. The Labute approximate surface area is 237 Å². The minimum Gasteiger partial charge on any atom is -0.457 e. The summed E-state index contributed by atoms with van der Waals surface area (Å²) < 4.78 is 23.4. The monoisotopic (exact) mass is 563 g/mol. The van der Waals surface area contributed by atoms with Gasteiger partial charge in [0.15, 0.2) is 0 Å². The first-order valence-electron chi connectivity index (χ1n) is 13.7. The number of rotatable bonds is 5. The van der Waals surface area contributed by atoms with Crippen molar-refractivity contribution in [2.75, 3.05) is 13.1 Å². The number of carbonyl (C=O) groups excluding carboxylic acids is 3. The van der Waals surface area contributed by atoms with E-state index in [0.717, 1.165) is 5.56 Å². The predicted octanol–water partition coefficient (Wildman–Crippen LogP) is 4.88. The van der Waals surface area contributed by atoms with Gasteiger partial charge in [0.2, 0.25) is 5.60 Å². The van der Waals surface area contributed by atoms with Crippen molar-refractivity contribution in [3.63, 3.8) is 0 Å². The number of aromatic nitrogens is 2. The van der Waals surface area contributed by atoms with E-state index >= 15 is 0 Å². The summed E-state index contributed by atoms with van der Waals surface area (Å²) in [7, 11) is 0. The average molecular weight is 564 g/mol. The third-order valence-electron chi connectivity index (χ3n) is 7.32. The molecule has 1 amide bonds.